The number of fused-ring (bicyclic) bond motifs is 1. The minimum Gasteiger partial charge on any atom is -0.508 e. The number of aliphatic hydroxyl groups is 5. The predicted molar refractivity (Wildman–Crippen MR) is 186 cm³/mol. The van der Waals surface area contributed by atoms with Crippen molar-refractivity contribution < 1.29 is 83.2 Å². The summed E-state index contributed by atoms with van der Waals surface area (Å²) in [7, 11) is 2.69. The van der Waals surface area contributed by atoms with Gasteiger partial charge in [0.05, 0.1) is 27.4 Å². The van der Waals surface area contributed by atoms with Gasteiger partial charge in [0.2, 0.25) is 17.5 Å². The van der Waals surface area contributed by atoms with E-state index in [1.165, 1.54) is 68.8 Å². The van der Waals surface area contributed by atoms with Gasteiger partial charge in [0.25, 0.3) is 0 Å². The lowest BCUT2D eigenvalue weighted by atomic mass is 9.98. The Hall–Kier alpha value is -5.44. The third-order valence-electron chi connectivity index (χ3n) is 9.01. The summed E-state index contributed by atoms with van der Waals surface area (Å²) in [6.07, 6.45) is -10.2. The summed E-state index contributed by atoms with van der Waals surface area (Å²) in [5.41, 5.74) is -2.60. The number of carbonyl (C=O) groups is 1. The zero-order valence-electron chi connectivity index (χ0n) is 29.2. The van der Waals surface area contributed by atoms with Crippen molar-refractivity contribution in [2.24, 2.45) is 0 Å². The largest absolute Gasteiger partial charge is 0.508 e. The van der Waals surface area contributed by atoms with Crippen LogP contribution < -0.4 is 19.6 Å². The van der Waals surface area contributed by atoms with E-state index in [0.29, 0.717) is 5.56 Å². The fourth-order valence-corrected chi connectivity index (χ4v) is 5.96. The molecule has 0 radical (unpaired) electrons. The summed E-state index contributed by atoms with van der Waals surface area (Å²) in [5.74, 6) is -2.18. The first-order valence-corrected chi connectivity index (χ1v) is 16.6. The lowest BCUT2D eigenvalue weighted by Crippen LogP contribution is -2.62. The van der Waals surface area contributed by atoms with Gasteiger partial charge in [-0.25, -0.2) is 4.79 Å². The van der Waals surface area contributed by atoms with Gasteiger partial charge < -0.3 is 78.4 Å². The summed E-state index contributed by atoms with van der Waals surface area (Å²) in [6, 6.07) is 12.2. The van der Waals surface area contributed by atoms with Crippen LogP contribution in [0.2, 0.25) is 0 Å². The van der Waals surface area contributed by atoms with E-state index < -0.39 is 91.4 Å². The molecule has 0 spiro atoms. The summed E-state index contributed by atoms with van der Waals surface area (Å²) in [5, 5.41) is 84.1. The van der Waals surface area contributed by atoms with Gasteiger partial charge in [-0.1, -0.05) is 6.07 Å². The molecule has 8 N–H and O–H groups in total. The Morgan fingerprint density at radius 1 is 0.945 bits per heavy atom. The first kappa shape index (κ1) is 39.3. The van der Waals surface area contributed by atoms with Gasteiger partial charge in [0.1, 0.15) is 59.2 Å². The Labute approximate surface area is 311 Å². The molecular formula is C37H38O18. The van der Waals surface area contributed by atoms with Crippen LogP contribution in [0, 0.1) is 0 Å². The Morgan fingerprint density at radius 2 is 1.69 bits per heavy atom. The van der Waals surface area contributed by atoms with Crippen LogP contribution in [-0.2, 0) is 23.7 Å². The Morgan fingerprint density at radius 3 is 2.38 bits per heavy atom. The highest BCUT2D eigenvalue weighted by atomic mass is 16.8. The number of esters is 1. The van der Waals surface area contributed by atoms with Crippen LogP contribution >= 0.6 is 0 Å². The fourth-order valence-electron chi connectivity index (χ4n) is 5.96. The quantitative estimate of drug-likeness (QED) is 0.0720. The number of aromatic hydroxyl groups is 3. The number of carbonyl (C=O) groups excluding carboxylic acids is 1. The van der Waals surface area contributed by atoms with Crippen molar-refractivity contribution in [3.8, 4) is 45.8 Å². The topological polar surface area (TPSA) is 274 Å². The van der Waals surface area contributed by atoms with E-state index in [9.17, 15) is 50.4 Å². The van der Waals surface area contributed by atoms with Gasteiger partial charge in [-0.15, -0.1) is 0 Å². The first-order valence-electron chi connectivity index (χ1n) is 16.6. The van der Waals surface area contributed by atoms with Gasteiger partial charge in [-0.2, -0.15) is 0 Å². The Balaban J connectivity index is 1.25. The summed E-state index contributed by atoms with van der Waals surface area (Å²) >= 11 is 0. The van der Waals surface area contributed by atoms with Gasteiger partial charge in [0, 0.05) is 23.8 Å². The number of hydrogen-bond donors (Lipinski definition) is 8. The maximum atomic E-state index is 14.0. The van der Waals surface area contributed by atoms with Crippen LogP contribution in [0.1, 0.15) is 5.56 Å². The van der Waals surface area contributed by atoms with Crippen LogP contribution in [0.4, 0.5) is 0 Å². The highest BCUT2D eigenvalue weighted by molar-refractivity contribution is 5.88. The standard InChI is InChI=1S/C37H38O18/c1-48-20-12-22(41)27-24(13-20)52-31(18-5-7-19(39)8-6-18)32(29(27)44)54-35-33(30(45)28(43)25(14-38)53-35)55-36-34(46)37(47,16-51-36)15-50-26(42)10-4-17-3-9-21(40)23(11-17)49-2/h3-13,25,28,30,33-36,38-41,43,45-47H,14-16H2,1-2H3/b10-4+. The van der Waals surface area contributed by atoms with Crippen LogP contribution in [0.15, 0.2) is 69.9 Å². The molecule has 18 heteroatoms. The van der Waals surface area contributed by atoms with E-state index in [4.69, 9.17) is 37.6 Å². The van der Waals surface area contributed by atoms with E-state index in [2.05, 4.69) is 0 Å². The molecule has 8 unspecified atom stereocenters. The minimum absolute atomic E-state index is 0.107. The Bertz CT molecular complexity index is 2100. The number of phenolic OH excluding ortho intramolecular Hbond substituents is 3. The molecule has 6 rings (SSSR count). The van der Waals surface area contributed by atoms with Crippen molar-refractivity contribution >= 4 is 23.0 Å². The second-order valence-electron chi connectivity index (χ2n) is 12.7. The number of ether oxygens (including phenoxy) is 7. The predicted octanol–water partition coefficient (Wildman–Crippen LogP) is 0.502. The zero-order chi connectivity index (χ0) is 39.6. The van der Waals surface area contributed by atoms with E-state index >= 15 is 0 Å². The molecular weight excluding hydrogens is 732 g/mol. The van der Waals surface area contributed by atoms with E-state index in [0.717, 1.165) is 12.1 Å². The molecule has 0 bridgehead atoms. The maximum absolute atomic E-state index is 14.0. The molecule has 0 amide bonds. The van der Waals surface area contributed by atoms with Crippen molar-refractivity contribution in [3.05, 3.63) is 76.5 Å². The van der Waals surface area contributed by atoms with Gasteiger partial charge in [-0.3, -0.25) is 4.79 Å². The van der Waals surface area contributed by atoms with Crippen molar-refractivity contribution in [1.29, 1.82) is 0 Å². The molecule has 18 nitrogen and oxygen atoms in total. The molecule has 4 aromatic rings. The molecule has 0 saturated carbocycles. The molecule has 3 heterocycles. The first-order chi connectivity index (χ1) is 26.3. The Kier molecular flexibility index (Phi) is 11.5. The van der Waals surface area contributed by atoms with Crippen molar-refractivity contribution in [1.82, 2.24) is 0 Å². The average molecular weight is 771 g/mol. The smallest absolute Gasteiger partial charge is 0.330 e. The molecule has 2 aliphatic rings. The van der Waals surface area contributed by atoms with Crippen molar-refractivity contribution in [2.75, 3.05) is 34.0 Å². The lowest BCUT2D eigenvalue weighted by molar-refractivity contribution is -0.319. The number of aliphatic hydroxyl groups excluding tert-OH is 4. The second kappa shape index (κ2) is 16.1. The molecule has 2 saturated heterocycles. The number of benzene rings is 3. The van der Waals surface area contributed by atoms with E-state index in [1.807, 2.05) is 0 Å². The van der Waals surface area contributed by atoms with Crippen LogP contribution in [0.5, 0.6) is 34.5 Å². The molecule has 1 aromatic heterocycles. The van der Waals surface area contributed by atoms with Crippen LogP contribution in [-0.4, -0.2) is 130 Å². The van der Waals surface area contributed by atoms with Gasteiger partial charge >= 0.3 is 5.97 Å². The van der Waals surface area contributed by atoms with Crippen LogP contribution in [0.25, 0.3) is 28.4 Å². The summed E-state index contributed by atoms with van der Waals surface area (Å²) in [6.45, 7) is -2.24. The maximum Gasteiger partial charge on any atom is 0.330 e. The molecule has 294 valence electrons. The highest BCUT2D eigenvalue weighted by Crippen LogP contribution is 2.39. The number of methoxy groups -OCH3 is 2. The molecule has 8 atom stereocenters. The zero-order valence-corrected chi connectivity index (χ0v) is 29.2. The SMILES string of the molecule is COc1cc(O)c2c(=O)c(OC3OC(CO)C(O)C(O)C3OC3OCC(O)(COC(=O)/C=C/c4ccc(O)c(OC)c4)C3O)c(-c3ccc(O)cc3)oc2c1. The monoisotopic (exact) mass is 770 g/mol. The minimum atomic E-state index is -2.23. The lowest BCUT2D eigenvalue weighted by Gasteiger charge is -2.42. The molecule has 3 aromatic carbocycles. The number of rotatable bonds is 12. The summed E-state index contributed by atoms with van der Waals surface area (Å²) < 4.78 is 44.4. The molecule has 55 heavy (non-hydrogen) atoms. The van der Waals surface area contributed by atoms with Crippen molar-refractivity contribution in [3.63, 3.8) is 0 Å². The molecule has 2 fully saturated rings. The normalized spacial score (nSPS) is 26.6. The average Bonchev–Trinajstić information content (AvgIpc) is 3.46. The van der Waals surface area contributed by atoms with E-state index in [-0.39, 0.29) is 45.3 Å². The van der Waals surface area contributed by atoms with E-state index in [1.54, 1.807) is 0 Å². The third kappa shape index (κ3) is 8.02. The second-order valence-corrected chi connectivity index (χ2v) is 12.7. The van der Waals surface area contributed by atoms with Gasteiger partial charge in [-0.05, 0) is 48.0 Å². The summed E-state index contributed by atoms with van der Waals surface area (Å²) in [4.78, 5) is 26.5. The molecule has 0 aliphatic carbocycles. The number of hydrogen-bond acceptors (Lipinski definition) is 18. The molecule has 2 aliphatic heterocycles. The van der Waals surface area contributed by atoms with Gasteiger partial charge in [0.15, 0.2) is 35.3 Å². The van der Waals surface area contributed by atoms with Crippen LogP contribution in [0.3, 0.4) is 0 Å². The number of phenols is 3. The highest BCUT2D eigenvalue weighted by Gasteiger charge is 2.54. The third-order valence-corrected chi connectivity index (χ3v) is 9.01. The fraction of sp³-hybridized carbons (Fsp3) is 0.351. The van der Waals surface area contributed by atoms with Crippen molar-refractivity contribution in [2.45, 2.75) is 48.7 Å².